The first-order chi connectivity index (χ1) is 19.8. The van der Waals surface area contributed by atoms with Gasteiger partial charge in [0, 0.05) is 23.7 Å². The molecule has 0 saturated carbocycles. The van der Waals surface area contributed by atoms with Gasteiger partial charge >= 0.3 is 12.3 Å². The van der Waals surface area contributed by atoms with Crippen molar-refractivity contribution < 1.29 is 40.6 Å². The van der Waals surface area contributed by atoms with E-state index < -0.39 is 40.9 Å². The zero-order valence-corrected chi connectivity index (χ0v) is 23.7. The first-order valence-corrected chi connectivity index (χ1v) is 14.7. The van der Waals surface area contributed by atoms with E-state index in [-0.39, 0.29) is 53.7 Å². The molecule has 42 heavy (non-hydrogen) atoms. The van der Waals surface area contributed by atoms with Crippen LogP contribution in [0.4, 0.5) is 33.7 Å². The van der Waals surface area contributed by atoms with E-state index in [2.05, 4.69) is 22.5 Å². The zero-order valence-electron chi connectivity index (χ0n) is 22.8. The minimum absolute atomic E-state index is 0.0145. The smallest absolute Gasteiger partial charge is 0.407 e. The third kappa shape index (κ3) is 7.02. The fourth-order valence-corrected chi connectivity index (χ4v) is 5.65. The van der Waals surface area contributed by atoms with Gasteiger partial charge in [0.1, 0.15) is 18.5 Å². The molecule has 0 unspecified atom stereocenters. The number of nitrogens with zero attached hydrogens (tertiary/aromatic N) is 2. The van der Waals surface area contributed by atoms with Crippen molar-refractivity contribution in [1.29, 1.82) is 0 Å². The van der Waals surface area contributed by atoms with Crippen LogP contribution >= 0.6 is 0 Å². The van der Waals surface area contributed by atoms with Crippen LogP contribution in [0.3, 0.4) is 0 Å². The van der Waals surface area contributed by atoms with Gasteiger partial charge in [-0.1, -0.05) is 18.9 Å². The third-order valence-corrected chi connectivity index (χ3v) is 8.66. The number of hydrogen-bond donors (Lipinski definition) is 3. The molecule has 9 nitrogen and oxygen atoms in total. The maximum atomic E-state index is 14.8. The highest BCUT2D eigenvalue weighted by Gasteiger charge is 2.33. The molecule has 0 bridgehead atoms. The van der Waals surface area contributed by atoms with E-state index in [1.165, 1.54) is 44.4 Å². The molecule has 0 radical (unpaired) electrons. The van der Waals surface area contributed by atoms with Gasteiger partial charge in [0.25, 0.3) is 0 Å². The van der Waals surface area contributed by atoms with Crippen LogP contribution in [0.1, 0.15) is 19.0 Å². The maximum Gasteiger partial charge on any atom is 0.407 e. The van der Waals surface area contributed by atoms with Gasteiger partial charge in [-0.2, -0.15) is 13.2 Å². The molecular weight excluding hydrogens is 580 g/mol. The van der Waals surface area contributed by atoms with Crippen molar-refractivity contribution in [2.24, 2.45) is 0 Å². The number of ether oxygens (including phenoxy) is 1. The van der Waals surface area contributed by atoms with Crippen LogP contribution in [0.5, 0.6) is 5.75 Å². The largest absolute Gasteiger partial charge is 0.495 e. The summed E-state index contributed by atoms with van der Waals surface area (Å²) in [6, 6.07) is 9.84. The number of benzene rings is 2. The number of aromatic nitrogens is 1. The van der Waals surface area contributed by atoms with Crippen molar-refractivity contribution in [3.8, 4) is 17.6 Å². The van der Waals surface area contributed by atoms with E-state index in [9.17, 15) is 30.8 Å². The van der Waals surface area contributed by atoms with E-state index in [0.29, 0.717) is 16.8 Å². The van der Waals surface area contributed by atoms with Gasteiger partial charge in [-0.05, 0) is 42.7 Å². The molecule has 3 aromatic rings. The monoisotopic (exact) mass is 610 g/mol. The number of amides is 1. The summed E-state index contributed by atoms with van der Waals surface area (Å²) in [6.07, 6.45) is -7.05. The highest BCUT2D eigenvalue weighted by atomic mass is 32.2. The number of carbonyl (C=O) groups is 1. The van der Waals surface area contributed by atoms with E-state index >= 15 is 0 Å². The van der Waals surface area contributed by atoms with Gasteiger partial charge in [-0.15, -0.1) is 0 Å². The van der Waals surface area contributed by atoms with Crippen LogP contribution in [0.2, 0.25) is 0 Å². The number of carboxylic acid groups (broad SMARTS) is 1. The minimum atomic E-state index is -4.54. The summed E-state index contributed by atoms with van der Waals surface area (Å²) in [5.74, 6) is 5.78. The van der Waals surface area contributed by atoms with Gasteiger partial charge in [0.15, 0.2) is 9.84 Å². The van der Waals surface area contributed by atoms with Crippen LogP contribution in [0, 0.1) is 11.8 Å². The summed E-state index contributed by atoms with van der Waals surface area (Å²) in [5.41, 5.74) is 1.21. The Bertz CT molecular complexity index is 1630. The quantitative estimate of drug-likeness (QED) is 0.244. The van der Waals surface area contributed by atoms with Gasteiger partial charge < -0.3 is 29.9 Å². The second-order valence-electron chi connectivity index (χ2n) is 9.67. The predicted molar refractivity (Wildman–Crippen MR) is 151 cm³/mol. The fourth-order valence-electron chi connectivity index (χ4n) is 4.76. The third-order valence-electron chi connectivity index (χ3n) is 6.93. The number of hydrogen-bond acceptors (Lipinski definition) is 6. The lowest BCUT2D eigenvalue weighted by atomic mass is 10.0. The number of rotatable bonds is 8. The number of sulfone groups is 1. The molecule has 226 valence electrons. The number of piperidine rings is 1. The van der Waals surface area contributed by atoms with E-state index in [4.69, 9.17) is 9.84 Å². The summed E-state index contributed by atoms with van der Waals surface area (Å²) in [4.78, 5) is 12.3. The Morgan fingerprint density at radius 2 is 1.95 bits per heavy atom. The van der Waals surface area contributed by atoms with Crippen molar-refractivity contribution in [3.63, 3.8) is 0 Å². The molecule has 2 heterocycles. The van der Waals surface area contributed by atoms with Crippen molar-refractivity contribution >= 4 is 38.2 Å². The Morgan fingerprint density at radius 3 is 2.60 bits per heavy atom. The summed E-state index contributed by atoms with van der Waals surface area (Å²) in [5, 5.41) is 15.6. The molecule has 1 aliphatic rings. The molecule has 1 saturated heterocycles. The second kappa shape index (κ2) is 12.4. The first-order valence-electron chi connectivity index (χ1n) is 13.0. The van der Waals surface area contributed by atoms with Crippen molar-refractivity contribution in [3.05, 3.63) is 48.2 Å². The lowest BCUT2D eigenvalue weighted by Gasteiger charge is -2.34. The first kappa shape index (κ1) is 30.8. The van der Waals surface area contributed by atoms with E-state index in [1.54, 1.807) is 12.1 Å². The lowest BCUT2D eigenvalue weighted by molar-refractivity contribution is -0.140. The molecule has 2 atom stereocenters. The van der Waals surface area contributed by atoms with Crippen LogP contribution in [-0.4, -0.2) is 80.0 Å². The molecule has 1 aliphatic heterocycles. The maximum absolute atomic E-state index is 14.8. The van der Waals surface area contributed by atoms with Crippen molar-refractivity contribution in [2.75, 3.05) is 43.1 Å². The Hall–Kier alpha value is -4.12. The standard InChI is InChI=1S/C28H30F4N4O5S/c1-3-42(39,40)19-9-10-24(26(15-19)41-2)33-12-5-6-18-14-20-22(7-4-8-25(20)36(18)17-28(30,31)32)34-23-11-13-35(27(37)38)16-21(23)29/h4,7-10,14-15,21,23,33-34H,3,11-13,16-17H2,1-2H3,(H,37,38)/t21-,23+/m0/s1. The van der Waals surface area contributed by atoms with E-state index in [1.807, 2.05) is 0 Å². The summed E-state index contributed by atoms with van der Waals surface area (Å²) < 4.78 is 86.0. The molecule has 3 N–H and O–H groups in total. The summed E-state index contributed by atoms with van der Waals surface area (Å²) in [7, 11) is -2.06. The van der Waals surface area contributed by atoms with Crippen LogP contribution < -0.4 is 15.4 Å². The molecule has 4 rings (SSSR count). The Labute approximate surface area is 240 Å². The number of fused-ring (bicyclic) bond motifs is 1. The number of likely N-dealkylation sites (tertiary alicyclic amines) is 1. The predicted octanol–water partition coefficient (Wildman–Crippen LogP) is 4.97. The van der Waals surface area contributed by atoms with Gasteiger partial charge in [-0.3, -0.25) is 0 Å². The molecular formula is C28H30F4N4O5S. The molecule has 1 amide bonds. The molecule has 0 aliphatic carbocycles. The number of methoxy groups -OCH3 is 1. The highest BCUT2D eigenvalue weighted by molar-refractivity contribution is 7.91. The normalized spacial score (nSPS) is 17.4. The molecule has 2 aromatic carbocycles. The zero-order chi connectivity index (χ0) is 30.7. The number of nitrogens with one attached hydrogen (secondary N) is 2. The topological polar surface area (TPSA) is 113 Å². The second-order valence-corrected chi connectivity index (χ2v) is 12.0. The lowest BCUT2D eigenvalue weighted by Crippen LogP contribution is -2.49. The van der Waals surface area contributed by atoms with Gasteiger partial charge in [0.05, 0.1) is 53.8 Å². The molecule has 14 heteroatoms. The molecule has 1 fully saturated rings. The summed E-state index contributed by atoms with van der Waals surface area (Å²) >= 11 is 0. The van der Waals surface area contributed by atoms with Gasteiger partial charge in [0.2, 0.25) is 0 Å². The molecule has 1 aromatic heterocycles. The highest BCUT2D eigenvalue weighted by Crippen LogP contribution is 2.32. The Kier molecular flexibility index (Phi) is 9.10. The number of alkyl halides is 4. The average molecular weight is 611 g/mol. The van der Waals surface area contributed by atoms with E-state index in [0.717, 1.165) is 9.47 Å². The number of halogens is 4. The van der Waals surface area contributed by atoms with Crippen LogP contribution in [0.15, 0.2) is 47.4 Å². The molecule has 0 spiro atoms. The van der Waals surface area contributed by atoms with Crippen LogP contribution in [0.25, 0.3) is 10.9 Å². The summed E-state index contributed by atoms with van der Waals surface area (Å²) in [6.45, 7) is 0.0822. The fraction of sp³-hybridized carbons (Fsp3) is 0.393. The Balaban J connectivity index is 1.59. The van der Waals surface area contributed by atoms with Gasteiger partial charge in [-0.25, -0.2) is 17.6 Å². The minimum Gasteiger partial charge on any atom is -0.495 e. The van der Waals surface area contributed by atoms with Crippen LogP contribution in [-0.2, 0) is 16.4 Å². The average Bonchev–Trinajstić information content (AvgIpc) is 3.28. The Morgan fingerprint density at radius 1 is 1.19 bits per heavy atom. The SMILES string of the molecule is CCS(=O)(=O)c1ccc(NCC#Cc2cc3c(N[C@@H]4CCN(C(=O)O)C[C@@H]4F)cccc3n2CC(F)(F)F)c(OC)c1. The number of anilines is 2. The van der Waals surface area contributed by atoms with Crippen molar-refractivity contribution in [1.82, 2.24) is 9.47 Å². The van der Waals surface area contributed by atoms with Crippen molar-refractivity contribution in [2.45, 2.75) is 43.2 Å².